The van der Waals surface area contributed by atoms with E-state index in [4.69, 9.17) is 9.47 Å². The van der Waals surface area contributed by atoms with Crippen molar-refractivity contribution in [1.29, 1.82) is 0 Å². The number of phenolic OH excluding ortho intramolecular Hbond substituents is 2. The van der Waals surface area contributed by atoms with Crippen molar-refractivity contribution in [3.63, 3.8) is 0 Å². The van der Waals surface area contributed by atoms with Crippen LogP contribution in [-0.4, -0.2) is 39.1 Å². The molecular weight excluding hydrogens is 336 g/mol. The lowest BCUT2D eigenvalue weighted by molar-refractivity contribution is 0.392. The van der Waals surface area contributed by atoms with Crippen LogP contribution in [0.1, 0.15) is 5.56 Å². The van der Waals surface area contributed by atoms with Crippen LogP contribution in [-0.2, 0) is 10.0 Å². The maximum atomic E-state index is 12.3. The lowest BCUT2D eigenvalue weighted by atomic mass is 10.2. The Morgan fingerprint density at radius 1 is 1.04 bits per heavy atom. The molecule has 24 heavy (non-hydrogen) atoms. The molecule has 9 heteroatoms. The summed E-state index contributed by atoms with van der Waals surface area (Å²) in [4.78, 5) is 1.92. The highest BCUT2D eigenvalue weighted by atomic mass is 32.2. The number of benzene rings is 2. The van der Waals surface area contributed by atoms with Crippen LogP contribution < -0.4 is 14.3 Å². The van der Waals surface area contributed by atoms with Gasteiger partial charge in [0.25, 0.3) is 10.0 Å². The Morgan fingerprint density at radius 3 is 2.42 bits per heavy atom. The van der Waals surface area contributed by atoms with Crippen LogP contribution in [0, 0.1) is 0 Å². The Kier molecular flexibility index (Phi) is 5.14. The summed E-state index contributed by atoms with van der Waals surface area (Å²) in [5.41, 5.74) is 0.394. The van der Waals surface area contributed by atoms with Crippen LogP contribution in [0.3, 0.4) is 0 Å². The first-order valence-electron chi connectivity index (χ1n) is 6.66. The van der Waals surface area contributed by atoms with Crippen molar-refractivity contribution in [2.24, 2.45) is 5.10 Å². The molecule has 0 spiro atoms. The van der Waals surface area contributed by atoms with Crippen molar-refractivity contribution in [3.8, 4) is 23.0 Å². The van der Waals surface area contributed by atoms with Gasteiger partial charge in [-0.25, -0.2) is 0 Å². The second-order valence-electron chi connectivity index (χ2n) is 4.62. The average molecular weight is 352 g/mol. The zero-order valence-corrected chi connectivity index (χ0v) is 13.7. The van der Waals surface area contributed by atoms with Crippen LogP contribution in [0.2, 0.25) is 0 Å². The van der Waals surface area contributed by atoms with Crippen molar-refractivity contribution < 1.29 is 28.1 Å². The monoisotopic (exact) mass is 352 g/mol. The zero-order valence-electron chi connectivity index (χ0n) is 12.9. The summed E-state index contributed by atoms with van der Waals surface area (Å²) in [7, 11) is -1.22. The van der Waals surface area contributed by atoms with Gasteiger partial charge in [0.05, 0.1) is 20.4 Å². The Labute approximate surface area is 139 Å². The van der Waals surface area contributed by atoms with E-state index in [1.54, 1.807) is 6.07 Å². The van der Waals surface area contributed by atoms with Gasteiger partial charge in [-0.05, 0) is 35.9 Å². The van der Waals surface area contributed by atoms with Gasteiger partial charge in [-0.15, -0.1) is 0 Å². The van der Waals surface area contributed by atoms with E-state index in [0.717, 1.165) is 0 Å². The molecular formula is C15H16N2O6S. The molecule has 0 radical (unpaired) electrons. The zero-order chi connectivity index (χ0) is 17.7. The van der Waals surface area contributed by atoms with E-state index in [1.165, 1.54) is 50.8 Å². The van der Waals surface area contributed by atoms with Gasteiger partial charge in [-0.3, -0.25) is 0 Å². The van der Waals surface area contributed by atoms with Gasteiger partial charge in [-0.1, -0.05) is 0 Å². The normalized spacial score (nSPS) is 11.4. The van der Waals surface area contributed by atoms with Gasteiger partial charge in [0.15, 0.2) is 11.5 Å². The topological polar surface area (TPSA) is 117 Å². The number of rotatable bonds is 6. The highest BCUT2D eigenvalue weighted by Crippen LogP contribution is 2.28. The minimum absolute atomic E-state index is 0.130. The van der Waals surface area contributed by atoms with Crippen molar-refractivity contribution >= 4 is 16.2 Å². The standard InChI is InChI=1S/C15H16N2O6S/c1-22-11-4-6-14(23-2)15(8-11)24(20,21)17-16-9-10-3-5-12(18)13(19)7-10/h3-9,17-19H,1-2H3/b16-9+. The number of hydrazone groups is 1. The summed E-state index contributed by atoms with van der Waals surface area (Å²) >= 11 is 0. The minimum atomic E-state index is -3.99. The van der Waals surface area contributed by atoms with Gasteiger partial charge in [0.1, 0.15) is 16.4 Å². The lowest BCUT2D eigenvalue weighted by Gasteiger charge is -2.10. The predicted octanol–water partition coefficient (Wildman–Crippen LogP) is 1.43. The Bertz CT molecular complexity index is 864. The number of phenols is 2. The smallest absolute Gasteiger partial charge is 0.280 e. The van der Waals surface area contributed by atoms with Gasteiger partial charge >= 0.3 is 0 Å². The van der Waals surface area contributed by atoms with Crippen molar-refractivity contribution in [2.45, 2.75) is 4.90 Å². The SMILES string of the molecule is COc1ccc(OC)c(S(=O)(=O)N/N=C/c2ccc(O)c(O)c2)c1. The molecule has 0 unspecified atom stereocenters. The van der Waals surface area contributed by atoms with E-state index in [-0.39, 0.29) is 22.1 Å². The highest BCUT2D eigenvalue weighted by Gasteiger charge is 2.19. The highest BCUT2D eigenvalue weighted by molar-refractivity contribution is 7.89. The third-order valence-corrected chi connectivity index (χ3v) is 4.29. The molecule has 0 bridgehead atoms. The van der Waals surface area contributed by atoms with Crippen LogP contribution >= 0.6 is 0 Å². The number of aromatic hydroxyl groups is 2. The fourth-order valence-corrected chi connectivity index (χ4v) is 2.81. The third-order valence-electron chi connectivity index (χ3n) is 3.05. The van der Waals surface area contributed by atoms with Gasteiger partial charge in [0, 0.05) is 6.07 Å². The van der Waals surface area contributed by atoms with E-state index >= 15 is 0 Å². The van der Waals surface area contributed by atoms with Gasteiger partial charge in [0.2, 0.25) is 0 Å². The molecule has 8 nitrogen and oxygen atoms in total. The number of nitrogens with zero attached hydrogens (tertiary/aromatic N) is 1. The quantitative estimate of drug-likeness (QED) is 0.411. The molecule has 0 heterocycles. The summed E-state index contributed by atoms with van der Waals surface area (Å²) in [6, 6.07) is 8.30. The summed E-state index contributed by atoms with van der Waals surface area (Å²) in [6.07, 6.45) is 1.18. The minimum Gasteiger partial charge on any atom is -0.504 e. The molecule has 3 N–H and O–H groups in total. The van der Waals surface area contributed by atoms with E-state index in [0.29, 0.717) is 11.3 Å². The molecule has 0 aliphatic rings. The van der Waals surface area contributed by atoms with E-state index in [1.807, 2.05) is 4.83 Å². The molecule has 0 saturated heterocycles. The van der Waals surface area contributed by atoms with Crippen molar-refractivity contribution in [1.82, 2.24) is 4.83 Å². The number of hydrogen-bond acceptors (Lipinski definition) is 7. The fraction of sp³-hybridized carbons (Fsp3) is 0.133. The summed E-state index contributed by atoms with van der Waals surface area (Å²) in [6.45, 7) is 0. The molecule has 0 aliphatic carbocycles. The Hall–Kier alpha value is -2.94. The maximum Gasteiger partial charge on any atom is 0.280 e. The lowest BCUT2D eigenvalue weighted by Crippen LogP contribution is -2.19. The number of hydrogen-bond donors (Lipinski definition) is 3. The number of methoxy groups -OCH3 is 2. The maximum absolute atomic E-state index is 12.3. The molecule has 128 valence electrons. The second kappa shape index (κ2) is 7.09. The largest absolute Gasteiger partial charge is 0.504 e. The van der Waals surface area contributed by atoms with Crippen LogP contribution in [0.15, 0.2) is 46.4 Å². The summed E-state index contributed by atoms with van der Waals surface area (Å²) < 4.78 is 34.7. The van der Waals surface area contributed by atoms with Crippen LogP contribution in [0.4, 0.5) is 0 Å². The molecule has 0 aliphatic heterocycles. The van der Waals surface area contributed by atoms with E-state index in [9.17, 15) is 18.6 Å². The number of sulfonamides is 1. The summed E-state index contributed by atoms with van der Waals surface area (Å²) in [5.74, 6) is -0.130. The first-order valence-corrected chi connectivity index (χ1v) is 8.14. The van der Waals surface area contributed by atoms with Gasteiger partial charge < -0.3 is 19.7 Å². The second-order valence-corrected chi connectivity index (χ2v) is 6.25. The molecule has 0 atom stereocenters. The third kappa shape index (κ3) is 3.87. The molecule has 2 rings (SSSR count). The number of nitrogens with one attached hydrogen (secondary N) is 1. The molecule has 0 fully saturated rings. The van der Waals surface area contributed by atoms with E-state index < -0.39 is 10.0 Å². The first-order chi connectivity index (χ1) is 11.4. The average Bonchev–Trinajstić information content (AvgIpc) is 2.57. The molecule has 0 aromatic heterocycles. The number of ether oxygens (including phenoxy) is 2. The van der Waals surface area contributed by atoms with Crippen molar-refractivity contribution in [3.05, 3.63) is 42.0 Å². The summed E-state index contributed by atoms with van der Waals surface area (Å²) in [5, 5.41) is 22.2. The molecule has 2 aromatic rings. The Morgan fingerprint density at radius 2 is 1.79 bits per heavy atom. The predicted molar refractivity (Wildman–Crippen MR) is 87.2 cm³/mol. The van der Waals surface area contributed by atoms with Crippen LogP contribution in [0.25, 0.3) is 0 Å². The van der Waals surface area contributed by atoms with Gasteiger partial charge in [-0.2, -0.15) is 18.4 Å². The molecule has 0 saturated carbocycles. The van der Waals surface area contributed by atoms with Crippen LogP contribution in [0.5, 0.6) is 23.0 Å². The van der Waals surface area contributed by atoms with Crippen molar-refractivity contribution in [2.75, 3.05) is 14.2 Å². The fourth-order valence-electron chi connectivity index (χ4n) is 1.83. The van der Waals surface area contributed by atoms with E-state index in [2.05, 4.69) is 5.10 Å². The Balaban J connectivity index is 2.25. The molecule has 2 aromatic carbocycles. The first kappa shape index (κ1) is 17.4. The molecule has 0 amide bonds.